The van der Waals surface area contributed by atoms with Gasteiger partial charge in [0, 0.05) is 7.14 Å². The molecule has 2 bridgehead atoms. The van der Waals surface area contributed by atoms with E-state index in [2.05, 4.69) is 81.6 Å². The predicted molar refractivity (Wildman–Crippen MR) is 153 cm³/mol. The Hall–Kier alpha value is -2.72. The van der Waals surface area contributed by atoms with Crippen molar-refractivity contribution < 1.29 is 19.1 Å². The first-order valence-corrected chi connectivity index (χ1v) is 13.8. The first kappa shape index (κ1) is 23.7. The van der Waals surface area contributed by atoms with E-state index < -0.39 is 24.1 Å². The van der Waals surface area contributed by atoms with E-state index in [9.17, 15) is 9.59 Å². The van der Waals surface area contributed by atoms with Crippen molar-refractivity contribution in [3.8, 4) is 0 Å². The lowest BCUT2D eigenvalue weighted by atomic mass is 9.61. The van der Waals surface area contributed by atoms with Crippen molar-refractivity contribution in [2.45, 2.75) is 24.0 Å². The summed E-state index contributed by atoms with van der Waals surface area (Å²) < 4.78 is 14.7. The average Bonchev–Trinajstić information content (AvgIpc) is 2.90. The monoisotopic (exact) mass is 698 g/mol. The second-order valence-corrected chi connectivity index (χ2v) is 11.5. The molecular weight excluding hydrogens is 678 g/mol. The fourth-order valence-corrected chi connectivity index (χ4v) is 6.45. The summed E-state index contributed by atoms with van der Waals surface area (Å²) in [4.78, 5) is 26.5. The SMILES string of the molecule is O=C(OC1C(OC(=O)c2ccccc2)[C@H]2c3ccc(I)cc3[C@H]1c1ccc(I)cc12)c1ccccc1. The number of esters is 2. The number of carbonyl (C=O) groups excluding carboxylic acids is 2. The van der Waals surface area contributed by atoms with Gasteiger partial charge >= 0.3 is 11.9 Å². The summed E-state index contributed by atoms with van der Waals surface area (Å²) in [5.41, 5.74) is 5.42. The van der Waals surface area contributed by atoms with Gasteiger partial charge in [-0.1, -0.05) is 48.5 Å². The Kier molecular flexibility index (Phi) is 6.33. The number of hydrogen-bond donors (Lipinski definition) is 0. The van der Waals surface area contributed by atoms with Gasteiger partial charge in [-0.25, -0.2) is 9.59 Å². The number of carbonyl (C=O) groups is 2. The third kappa shape index (κ3) is 4.14. The molecule has 6 heteroatoms. The highest BCUT2D eigenvalue weighted by Gasteiger charge is 2.54. The van der Waals surface area contributed by atoms with Crippen LogP contribution in [0.3, 0.4) is 0 Å². The van der Waals surface area contributed by atoms with Crippen molar-refractivity contribution in [3.05, 3.63) is 138 Å². The molecular formula is C30H20I2O4. The minimum Gasteiger partial charge on any atom is -0.454 e. The van der Waals surface area contributed by atoms with Gasteiger partial charge in [0.05, 0.1) is 23.0 Å². The van der Waals surface area contributed by atoms with E-state index in [1.54, 1.807) is 24.3 Å². The Morgan fingerprint density at radius 1 is 0.528 bits per heavy atom. The van der Waals surface area contributed by atoms with Crippen LogP contribution in [0.15, 0.2) is 97.1 Å². The molecule has 0 spiro atoms. The van der Waals surface area contributed by atoms with Crippen LogP contribution in [0.5, 0.6) is 0 Å². The standard InChI is InChI=1S/C30H20I2O4/c31-19-12-14-22-23(15-19)25-21-13-11-20(32)16-24(21)26(22)28(36-30(34)18-9-5-2-6-10-18)27(25)35-29(33)17-7-3-1-4-8-17/h1-16,25-28H/t25-,26+,27?,28?. The van der Waals surface area contributed by atoms with Crippen LogP contribution in [-0.4, -0.2) is 24.1 Å². The maximum Gasteiger partial charge on any atom is 0.338 e. The third-order valence-electron chi connectivity index (χ3n) is 6.92. The number of ether oxygens (including phenoxy) is 2. The van der Waals surface area contributed by atoms with E-state index >= 15 is 0 Å². The zero-order chi connectivity index (χ0) is 24.8. The summed E-state index contributed by atoms with van der Waals surface area (Å²) in [6.07, 6.45) is -1.32. The largest absolute Gasteiger partial charge is 0.454 e. The third-order valence-corrected chi connectivity index (χ3v) is 8.27. The summed E-state index contributed by atoms with van der Waals surface area (Å²) in [6.45, 7) is 0. The minimum atomic E-state index is -0.659. The Balaban J connectivity index is 1.49. The van der Waals surface area contributed by atoms with Crippen LogP contribution in [0.1, 0.15) is 54.8 Å². The van der Waals surface area contributed by atoms with Crippen LogP contribution in [-0.2, 0) is 9.47 Å². The van der Waals surface area contributed by atoms with E-state index in [4.69, 9.17) is 9.47 Å². The van der Waals surface area contributed by atoms with E-state index in [0.717, 1.165) is 29.4 Å². The lowest BCUT2D eigenvalue weighted by molar-refractivity contribution is -0.0557. The molecule has 0 fully saturated rings. The smallest absolute Gasteiger partial charge is 0.338 e. The first-order chi connectivity index (χ1) is 17.5. The maximum atomic E-state index is 13.3. The molecule has 0 radical (unpaired) electrons. The quantitative estimate of drug-likeness (QED) is 0.171. The Bertz CT molecular complexity index is 1360. The molecule has 3 aliphatic carbocycles. The van der Waals surface area contributed by atoms with Crippen molar-refractivity contribution in [2.75, 3.05) is 0 Å². The Labute approximate surface area is 236 Å². The van der Waals surface area contributed by atoms with Gasteiger partial charge in [0.1, 0.15) is 0 Å². The van der Waals surface area contributed by atoms with Crippen molar-refractivity contribution >= 4 is 57.1 Å². The molecule has 0 N–H and O–H groups in total. The van der Waals surface area contributed by atoms with Crippen molar-refractivity contribution in [1.29, 1.82) is 0 Å². The number of rotatable bonds is 4. The number of hydrogen-bond acceptors (Lipinski definition) is 4. The van der Waals surface area contributed by atoms with Crippen LogP contribution in [0.25, 0.3) is 0 Å². The van der Waals surface area contributed by atoms with Crippen LogP contribution >= 0.6 is 45.2 Å². The highest BCUT2D eigenvalue weighted by Crippen LogP contribution is 2.55. The van der Waals surface area contributed by atoms with Gasteiger partial charge in [-0.3, -0.25) is 0 Å². The van der Waals surface area contributed by atoms with Gasteiger partial charge in [0.25, 0.3) is 0 Å². The molecule has 0 aromatic heterocycles. The van der Waals surface area contributed by atoms with Gasteiger partial charge < -0.3 is 9.47 Å². The summed E-state index contributed by atoms with van der Waals surface area (Å²) in [6, 6.07) is 30.6. The molecule has 4 atom stereocenters. The normalized spacial score (nSPS) is 21.3. The van der Waals surface area contributed by atoms with Crippen molar-refractivity contribution in [2.24, 2.45) is 0 Å². The molecule has 2 unspecified atom stereocenters. The molecule has 4 nitrogen and oxygen atoms in total. The lowest BCUT2D eigenvalue weighted by Crippen LogP contribution is -2.51. The molecule has 0 heterocycles. The molecule has 0 saturated heterocycles. The molecule has 0 amide bonds. The van der Waals surface area contributed by atoms with Gasteiger partial charge in [-0.2, -0.15) is 0 Å². The topological polar surface area (TPSA) is 52.6 Å². The van der Waals surface area contributed by atoms with E-state index in [-0.39, 0.29) is 11.8 Å². The molecule has 178 valence electrons. The maximum absolute atomic E-state index is 13.3. The summed E-state index contributed by atoms with van der Waals surface area (Å²) in [5.74, 6) is -1.33. The molecule has 3 aliphatic rings. The molecule has 4 aromatic rings. The molecule has 7 rings (SSSR count). The minimum absolute atomic E-state index is 0.243. The molecule has 36 heavy (non-hydrogen) atoms. The zero-order valence-electron chi connectivity index (χ0n) is 18.9. The second kappa shape index (κ2) is 9.63. The lowest BCUT2D eigenvalue weighted by Gasteiger charge is -2.49. The Morgan fingerprint density at radius 2 is 0.917 bits per heavy atom. The summed E-state index contributed by atoms with van der Waals surface area (Å²) >= 11 is 4.62. The fraction of sp³-hybridized carbons (Fsp3) is 0.133. The van der Waals surface area contributed by atoms with E-state index in [0.29, 0.717) is 11.1 Å². The molecule has 0 saturated carbocycles. The van der Waals surface area contributed by atoms with Gasteiger partial charge in [-0.05, 0) is 116 Å². The Morgan fingerprint density at radius 3 is 1.31 bits per heavy atom. The highest BCUT2D eigenvalue weighted by molar-refractivity contribution is 14.1. The summed E-state index contributed by atoms with van der Waals surface area (Å²) in [5, 5.41) is 0. The molecule has 0 aliphatic heterocycles. The van der Waals surface area contributed by atoms with E-state index in [1.807, 2.05) is 36.4 Å². The predicted octanol–water partition coefficient (Wildman–Crippen LogP) is 6.94. The van der Waals surface area contributed by atoms with Gasteiger partial charge in [0.2, 0.25) is 0 Å². The average molecular weight is 698 g/mol. The van der Waals surface area contributed by atoms with Crippen LogP contribution in [0.4, 0.5) is 0 Å². The van der Waals surface area contributed by atoms with Crippen molar-refractivity contribution in [3.63, 3.8) is 0 Å². The number of halogens is 2. The number of fused-ring (bicyclic) bond motifs is 1. The van der Waals surface area contributed by atoms with Crippen LogP contribution < -0.4 is 0 Å². The van der Waals surface area contributed by atoms with Crippen LogP contribution in [0, 0.1) is 7.14 Å². The highest BCUT2D eigenvalue weighted by atomic mass is 127. The van der Waals surface area contributed by atoms with E-state index in [1.165, 1.54) is 0 Å². The number of benzene rings is 4. The molecule has 4 aromatic carbocycles. The van der Waals surface area contributed by atoms with Crippen molar-refractivity contribution in [1.82, 2.24) is 0 Å². The van der Waals surface area contributed by atoms with Gasteiger partial charge in [-0.15, -0.1) is 0 Å². The van der Waals surface area contributed by atoms with Gasteiger partial charge in [0.15, 0.2) is 12.2 Å². The first-order valence-electron chi connectivity index (χ1n) is 11.6. The zero-order valence-corrected chi connectivity index (χ0v) is 23.3. The fourth-order valence-electron chi connectivity index (χ4n) is 5.42. The second-order valence-electron chi connectivity index (χ2n) is 8.97. The summed E-state index contributed by atoms with van der Waals surface area (Å²) in [7, 11) is 0. The van der Waals surface area contributed by atoms with Crippen LogP contribution in [0.2, 0.25) is 0 Å².